The molecule has 0 saturated carbocycles. The Morgan fingerprint density at radius 3 is 2.65 bits per heavy atom. The molecule has 0 spiro atoms. The molecule has 1 unspecified atom stereocenters. The minimum atomic E-state index is -1.05. The van der Waals surface area contributed by atoms with Crippen molar-refractivity contribution in [2.75, 3.05) is 7.11 Å². The summed E-state index contributed by atoms with van der Waals surface area (Å²) in [5, 5.41) is 2.34. The maximum Gasteiger partial charge on any atom is 1.00 e. The van der Waals surface area contributed by atoms with Gasteiger partial charge in [-0.15, -0.1) is 0 Å². The Kier molecular flexibility index (Phi) is 4.82. The van der Waals surface area contributed by atoms with E-state index in [4.69, 9.17) is 21.1 Å². The molecule has 1 atom stereocenters. The van der Waals surface area contributed by atoms with Crippen LogP contribution in [0.3, 0.4) is 0 Å². The van der Waals surface area contributed by atoms with Crippen molar-refractivity contribution in [3.8, 4) is 5.75 Å². The van der Waals surface area contributed by atoms with Gasteiger partial charge < -0.3 is 9.47 Å². The Morgan fingerprint density at radius 1 is 1.41 bits per heavy atom. The number of cyclic esters (lactones) is 1. The van der Waals surface area contributed by atoms with E-state index in [0.717, 1.165) is 0 Å². The Labute approximate surface area is 125 Å². The van der Waals surface area contributed by atoms with Gasteiger partial charge in [-0.05, 0) is 12.1 Å². The first kappa shape index (κ1) is 14.3. The fourth-order valence-electron chi connectivity index (χ4n) is 1.50. The molecular weight excluding hydrogens is 257 g/mol. The molecule has 1 saturated heterocycles. The number of hydrogen-bond acceptors (Lipinski definition) is 4. The zero-order valence-electron chi connectivity index (χ0n) is 9.32. The van der Waals surface area contributed by atoms with Gasteiger partial charge in [0.05, 0.1) is 17.7 Å². The van der Waals surface area contributed by atoms with Crippen LogP contribution in [-0.4, -0.2) is 19.1 Å². The Morgan fingerprint density at radius 2 is 2.12 bits per heavy atom. The van der Waals surface area contributed by atoms with Crippen molar-refractivity contribution in [2.45, 2.75) is 6.10 Å². The topological polar surface area (TPSA) is 64.6 Å². The Hall–Kier alpha value is -0.750. The maximum atomic E-state index is 11.4. The van der Waals surface area contributed by atoms with Crippen molar-refractivity contribution in [2.24, 2.45) is 0 Å². The van der Waals surface area contributed by atoms with Gasteiger partial charge in [0.2, 0.25) is 6.10 Å². The fraction of sp³-hybridized carbons (Fsp3) is 0.200. The number of amides is 2. The molecule has 1 aromatic carbocycles. The van der Waals surface area contributed by atoms with Crippen LogP contribution in [0.25, 0.3) is 0 Å². The van der Waals surface area contributed by atoms with Gasteiger partial charge in [-0.3, -0.25) is 10.1 Å². The predicted octanol–water partition coefficient (Wildman–Crippen LogP) is -1.34. The first-order valence-electron chi connectivity index (χ1n) is 4.47. The van der Waals surface area contributed by atoms with Gasteiger partial charge in [0.25, 0.3) is 5.91 Å². The molecule has 0 radical (unpaired) electrons. The fourth-order valence-corrected chi connectivity index (χ4v) is 1.76. The number of halogens is 1. The van der Waals surface area contributed by atoms with Crippen LogP contribution in [0, 0.1) is 0 Å². The summed E-state index contributed by atoms with van der Waals surface area (Å²) in [6.45, 7) is 0. The summed E-state index contributed by atoms with van der Waals surface area (Å²) in [6.07, 6.45) is -1.83. The molecule has 1 aromatic rings. The molecule has 1 heterocycles. The van der Waals surface area contributed by atoms with E-state index in [1.165, 1.54) is 7.11 Å². The Bertz CT molecular complexity index is 466. The summed E-state index contributed by atoms with van der Waals surface area (Å²) < 4.78 is 9.89. The van der Waals surface area contributed by atoms with Gasteiger partial charge in [-0.25, -0.2) is 4.79 Å². The average Bonchev–Trinajstić information content (AvgIpc) is 2.57. The van der Waals surface area contributed by atoms with E-state index in [0.29, 0.717) is 16.3 Å². The van der Waals surface area contributed by atoms with Crippen LogP contribution in [0.2, 0.25) is 5.02 Å². The second-order valence-corrected chi connectivity index (χ2v) is 3.54. The van der Waals surface area contributed by atoms with E-state index in [2.05, 4.69) is 0 Å². The molecule has 1 aliphatic heterocycles. The predicted molar refractivity (Wildman–Crippen MR) is 55.4 cm³/mol. The number of carbonyl (C=O) groups excluding carboxylic acids is 2. The number of imide groups is 1. The van der Waals surface area contributed by atoms with Crippen LogP contribution in [0.5, 0.6) is 5.75 Å². The van der Waals surface area contributed by atoms with Crippen LogP contribution in [0.1, 0.15) is 11.7 Å². The maximum absolute atomic E-state index is 11.4. The Balaban J connectivity index is 0.00000144. The standard InChI is InChI=1S/C10H8ClNO4.Na/c1-15-6-4-2-3-5(11)7(6)8-9(13)12-10(14)16-8;/h2-4,8H,1H3,(H,12,13,14);/q;+1. The summed E-state index contributed by atoms with van der Waals surface area (Å²) >= 11 is 5.95. The molecule has 1 N–H and O–H groups in total. The van der Waals surface area contributed by atoms with E-state index < -0.39 is 18.1 Å². The molecule has 0 aromatic heterocycles. The average molecular weight is 265 g/mol. The van der Waals surface area contributed by atoms with Crippen molar-refractivity contribution >= 4 is 23.6 Å². The minimum absolute atomic E-state index is 0. The number of benzene rings is 1. The molecule has 2 rings (SSSR count). The van der Waals surface area contributed by atoms with Crippen molar-refractivity contribution in [1.82, 2.24) is 5.32 Å². The molecule has 1 aliphatic rings. The van der Waals surface area contributed by atoms with Gasteiger partial charge in [-0.1, -0.05) is 17.7 Å². The van der Waals surface area contributed by atoms with E-state index in [-0.39, 0.29) is 29.6 Å². The van der Waals surface area contributed by atoms with Gasteiger partial charge in [0, 0.05) is 0 Å². The van der Waals surface area contributed by atoms with E-state index >= 15 is 0 Å². The summed E-state index contributed by atoms with van der Waals surface area (Å²) in [6, 6.07) is 4.92. The van der Waals surface area contributed by atoms with Crippen molar-refractivity contribution < 1.29 is 48.6 Å². The smallest absolute Gasteiger partial charge is 0.496 e. The first-order chi connectivity index (χ1) is 7.63. The van der Waals surface area contributed by atoms with Crippen molar-refractivity contribution in [3.05, 3.63) is 28.8 Å². The number of hydrogen-bond donors (Lipinski definition) is 1. The van der Waals surface area contributed by atoms with Crippen molar-refractivity contribution in [3.63, 3.8) is 0 Å². The van der Waals surface area contributed by atoms with E-state index in [1.807, 2.05) is 5.32 Å². The monoisotopic (exact) mass is 264 g/mol. The van der Waals surface area contributed by atoms with Gasteiger partial charge in [0.1, 0.15) is 5.75 Å². The summed E-state index contributed by atoms with van der Waals surface area (Å²) in [5.41, 5.74) is 0.356. The zero-order chi connectivity index (χ0) is 11.7. The minimum Gasteiger partial charge on any atom is -0.496 e. The van der Waals surface area contributed by atoms with Crippen molar-refractivity contribution in [1.29, 1.82) is 0 Å². The zero-order valence-corrected chi connectivity index (χ0v) is 12.1. The third-order valence-electron chi connectivity index (χ3n) is 2.18. The summed E-state index contributed by atoms with van der Waals surface area (Å²) in [4.78, 5) is 22.3. The molecule has 0 aliphatic carbocycles. The van der Waals surface area contributed by atoms with Crippen LogP contribution in [0.4, 0.5) is 4.79 Å². The molecule has 7 heteroatoms. The second-order valence-electron chi connectivity index (χ2n) is 3.13. The number of carbonyl (C=O) groups is 2. The normalized spacial score (nSPS) is 18.1. The largest absolute Gasteiger partial charge is 1.00 e. The first-order valence-corrected chi connectivity index (χ1v) is 4.85. The number of methoxy groups -OCH3 is 1. The second kappa shape index (κ2) is 5.73. The number of alkyl carbamates (subject to hydrolysis) is 1. The molecule has 2 amide bonds. The quantitative estimate of drug-likeness (QED) is 0.672. The van der Waals surface area contributed by atoms with Crippen LogP contribution in [-0.2, 0) is 9.53 Å². The van der Waals surface area contributed by atoms with Gasteiger partial charge in [-0.2, -0.15) is 0 Å². The number of rotatable bonds is 2. The van der Waals surface area contributed by atoms with Crippen LogP contribution < -0.4 is 39.6 Å². The molecule has 5 nitrogen and oxygen atoms in total. The summed E-state index contributed by atoms with van der Waals surface area (Å²) in [5.74, 6) is -0.140. The van der Waals surface area contributed by atoms with Crippen LogP contribution in [0.15, 0.2) is 18.2 Å². The van der Waals surface area contributed by atoms with E-state index in [9.17, 15) is 9.59 Å². The van der Waals surface area contributed by atoms with E-state index in [1.54, 1.807) is 18.2 Å². The third kappa shape index (κ3) is 2.74. The molecule has 84 valence electrons. The van der Waals surface area contributed by atoms with Gasteiger partial charge in [0.15, 0.2) is 0 Å². The number of nitrogens with one attached hydrogen (secondary N) is 1. The molecule has 0 bridgehead atoms. The number of ether oxygens (including phenoxy) is 2. The SMILES string of the molecule is COc1cccc(Cl)c1C1OC(=O)NC1=O.[Na+]. The van der Waals surface area contributed by atoms with Crippen LogP contribution >= 0.6 is 11.6 Å². The molecular formula is C10H8ClNNaO4+. The van der Waals surface area contributed by atoms with Gasteiger partial charge >= 0.3 is 35.7 Å². The molecule has 1 fully saturated rings. The summed E-state index contributed by atoms with van der Waals surface area (Å²) in [7, 11) is 1.45. The molecule has 17 heavy (non-hydrogen) atoms. The third-order valence-corrected chi connectivity index (χ3v) is 2.51.